The molecule has 0 bridgehead atoms. The molecule has 0 fully saturated rings. The van der Waals surface area contributed by atoms with Crippen molar-refractivity contribution in [1.82, 2.24) is 5.43 Å². The van der Waals surface area contributed by atoms with Crippen LogP contribution in [-0.2, 0) is 0 Å². The van der Waals surface area contributed by atoms with E-state index in [0.29, 0.717) is 10.6 Å². The van der Waals surface area contributed by atoms with E-state index in [0.717, 1.165) is 6.07 Å². The fourth-order valence-electron chi connectivity index (χ4n) is 1.57. The Morgan fingerprint density at radius 3 is 2.76 bits per heavy atom. The second-order valence-corrected chi connectivity index (χ2v) is 4.43. The molecule has 1 N–H and O–H groups in total. The predicted molar refractivity (Wildman–Crippen MR) is 77.6 cm³/mol. The van der Waals surface area contributed by atoms with Crippen molar-refractivity contribution in [3.8, 4) is 6.07 Å². The SMILES string of the molecule is N#Cc1ccc(C(=O)N/N=C/c2ccccc2Cl)c(F)c1. The van der Waals surface area contributed by atoms with E-state index < -0.39 is 11.7 Å². The number of carbonyl (C=O) groups excluding carboxylic acids is 1. The minimum Gasteiger partial charge on any atom is -0.267 e. The number of hydrogen-bond acceptors (Lipinski definition) is 3. The van der Waals surface area contributed by atoms with Gasteiger partial charge in [0.2, 0.25) is 0 Å². The highest BCUT2D eigenvalue weighted by atomic mass is 35.5. The third-order valence-corrected chi connectivity index (χ3v) is 2.96. The summed E-state index contributed by atoms with van der Waals surface area (Å²) in [7, 11) is 0. The normalized spacial score (nSPS) is 10.3. The fourth-order valence-corrected chi connectivity index (χ4v) is 1.75. The molecule has 0 saturated carbocycles. The van der Waals surface area contributed by atoms with Crippen molar-refractivity contribution in [3.63, 3.8) is 0 Å². The van der Waals surface area contributed by atoms with Crippen molar-refractivity contribution in [2.24, 2.45) is 5.10 Å². The second-order valence-electron chi connectivity index (χ2n) is 4.03. The Balaban J connectivity index is 2.09. The van der Waals surface area contributed by atoms with Crippen LogP contribution >= 0.6 is 11.6 Å². The number of hydrazone groups is 1. The van der Waals surface area contributed by atoms with E-state index in [1.807, 2.05) is 0 Å². The summed E-state index contributed by atoms with van der Waals surface area (Å²) in [6.07, 6.45) is 1.36. The average Bonchev–Trinajstić information content (AvgIpc) is 2.48. The number of nitrogens with one attached hydrogen (secondary N) is 1. The molecule has 4 nitrogen and oxygen atoms in total. The fraction of sp³-hybridized carbons (Fsp3) is 0. The summed E-state index contributed by atoms with van der Waals surface area (Å²) in [5.74, 6) is -1.49. The van der Waals surface area contributed by atoms with Crippen LogP contribution < -0.4 is 5.43 Å². The van der Waals surface area contributed by atoms with Crippen LogP contribution in [0.5, 0.6) is 0 Å². The van der Waals surface area contributed by atoms with Gasteiger partial charge in [0.05, 0.1) is 23.4 Å². The molecule has 0 aliphatic heterocycles. The zero-order valence-corrected chi connectivity index (χ0v) is 11.4. The Labute approximate surface area is 125 Å². The molecular formula is C15H9ClFN3O. The van der Waals surface area contributed by atoms with Crippen LogP contribution in [0.2, 0.25) is 5.02 Å². The van der Waals surface area contributed by atoms with Crippen molar-refractivity contribution < 1.29 is 9.18 Å². The first kappa shape index (κ1) is 14.7. The van der Waals surface area contributed by atoms with E-state index in [4.69, 9.17) is 16.9 Å². The zero-order chi connectivity index (χ0) is 15.2. The van der Waals surface area contributed by atoms with Crippen molar-refractivity contribution in [3.05, 3.63) is 70.0 Å². The number of halogens is 2. The van der Waals surface area contributed by atoms with Crippen molar-refractivity contribution in [2.45, 2.75) is 0 Å². The Bertz CT molecular complexity index is 753. The Morgan fingerprint density at radius 1 is 1.33 bits per heavy atom. The lowest BCUT2D eigenvalue weighted by Crippen LogP contribution is -2.19. The number of nitrogens with zero attached hydrogens (tertiary/aromatic N) is 2. The summed E-state index contributed by atoms with van der Waals surface area (Å²) >= 11 is 5.92. The van der Waals surface area contributed by atoms with Gasteiger partial charge < -0.3 is 0 Å². The molecule has 0 radical (unpaired) electrons. The molecule has 2 aromatic carbocycles. The van der Waals surface area contributed by atoms with Crippen LogP contribution in [-0.4, -0.2) is 12.1 Å². The molecule has 21 heavy (non-hydrogen) atoms. The Kier molecular flexibility index (Phi) is 4.64. The molecule has 6 heteroatoms. The second kappa shape index (κ2) is 6.64. The average molecular weight is 302 g/mol. The summed E-state index contributed by atoms with van der Waals surface area (Å²) in [5.41, 5.74) is 2.78. The van der Waals surface area contributed by atoms with Crippen LogP contribution in [0.1, 0.15) is 21.5 Å². The van der Waals surface area contributed by atoms with Gasteiger partial charge in [-0.3, -0.25) is 4.79 Å². The van der Waals surface area contributed by atoms with E-state index in [1.165, 1.54) is 18.3 Å². The monoisotopic (exact) mass is 301 g/mol. The minimum absolute atomic E-state index is 0.142. The van der Waals surface area contributed by atoms with Gasteiger partial charge in [-0.05, 0) is 24.3 Å². The third kappa shape index (κ3) is 3.65. The van der Waals surface area contributed by atoms with E-state index in [1.54, 1.807) is 30.3 Å². The van der Waals surface area contributed by atoms with Gasteiger partial charge in [0.15, 0.2) is 0 Å². The highest BCUT2D eigenvalue weighted by molar-refractivity contribution is 6.33. The zero-order valence-electron chi connectivity index (χ0n) is 10.7. The molecule has 2 rings (SSSR count). The van der Waals surface area contributed by atoms with Gasteiger partial charge >= 0.3 is 0 Å². The lowest BCUT2D eigenvalue weighted by Gasteiger charge is -2.02. The molecule has 0 spiro atoms. The molecule has 0 aliphatic rings. The topological polar surface area (TPSA) is 65.2 Å². The van der Waals surface area contributed by atoms with Gasteiger partial charge in [-0.25, -0.2) is 9.82 Å². The van der Waals surface area contributed by atoms with E-state index in [2.05, 4.69) is 10.5 Å². The van der Waals surface area contributed by atoms with Crippen molar-refractivity contribution >= 4 is 23.7 Å². The van der Waals surface area contributed by atoms with Gasteiger partial charge in [-0.2, -0.15) is 10.4 Å². The number of benzene rings is 2. The number of rotatable bonds is 3. The molecule has 0 atom stereocenters. The van der Waals surface area contributed by atoms with Crippen LogP contribution in [0.3, 0.4) is 0 Å². The van der Waals surface area contributed by atoms with Gasteiger partial charge in [0, 0.05) is 10.6 Å². The van der Waals surface area contributed by atoms with Crippen LogP contribution in [0.4, 0.5) is 4.39 Å². The highest BCUT2D eigenvalue weighted by Crippen LogP contribution is 2.12. The molecule has 1 amide bonds. The molecule has 0 unspecified atom stereocenters. The molecular weight excluding hydrogens is 293 g/mol. The first-order chi connectivity index (χ1) is 10.1. The maximum absolute atomic E-state index is 13.6. The molecule has 0 saturated heterocycles. The van der Waals surface area contributed by atoms with E-state index in [9.17, 15) is 9.18 Å². The van der Waals surface area contributed by atoms with Crippen LogP contribution in [0, 0.1) is 17.1 Å². The summed E-state index contributed by atoms with van der Waals surface area (Å²) in [6.45, 7) is 0. The third-order valence-electron chi connectivity index (χ3n) is 2.62. The van der Waals surface area contributed by atoms with Gasteiger partial charge in [-0.15, -0.1) is 0 Å². The molecule has 0 aromatic heterocycles. The highest BCUT2D eigenvalue weighted by Gasteiger charge is 2.11. The summed E-state index contributed by atoms with van der Waals surface area (Å²) in [4.78, 5) is 11.8. The number of carbonyl (C=O) groups is 1. The predicted octanol–water partition coefficient (Wildman–Crippen LogP) is 3.11. The number of amides is 1. The molecule has 0 aliphatic carbocycles. The summed E-state index contributed by atoms with van der Waals surface area (Å²) in [5, 5.41) is 12.8. The van der Waals surface area contributed by atoms with Crippen molar-refractivity contribution in [2.75, 3.05) is 0 Å². The van der Waals surface area contributed by atoms with E-state index in [-0.39, 0.29) is 11.1 Å². The number of nitriles is 1. The lowest BCUT2D eigenvalue weighted by molar-refractivity contribution is 0.0951. The maximum Gasteiger partial charge on any atom is 0.274 e. The Hall–Kier alpha value is -2.71. The quantitative estimate of drug-likeness (QED) is 0.699. The van der Waals surface area contributed by atoms with Gasteiger partial charge in [0.25, 0.3) is 5.91 Å². The maximum atomic E-state index is 13.6. The largest absolute Gasteiger partial charge is 0.274 e. The smallest absolute Gasteiger partial charge is 0.267 e. The van der Waals surface area contributed by atoms with Gasteiger partial charge in [-0.1, -0.05) is 29.8 Å². The molecule has 104 valence electrons. The van der Waals surface area contributed by atoms with Crippen LogP contribution in [0.25, 0.3) is 0 Å². The number of hydrogen-bond donors (Lipinski definition) is 1. The summed E-state index contributed by atoms with van der Waals surface area (Å²) in [6, 6.07) is 12.3. The van der Waals surface area contributed by atoms with Gasteiger partial charge in [0.1, 0.15) is 5.82 Å². The summed E-state index contributed by atoms with van der Waals surface area (Å²) < 4.78 is 13.6. The molecule has 2 aromatic rings. The lowest BCUT2D eigenvalue weighted by atomic mass is 10.1. The Morgan fingerprint density at radius 2 is 2.10 bits per heavy atom. The van der Waals surface area contributed by atoms with Crippen molar-refractivity contribution in [1.29, 1.82) is 5.26 Å². The minimum atomic E-state index is -0.778. The first-order valence-electron chi connectivity index (χ1n) is 5.89. The van der Waals surface area contributed by atoms with Crippen LogP contribution in [0.15, 0.2) is 47.6 Å². The first-order valence-corrected chi connectivity index (χ1v) is 6.27. The molecule has 0 heterocycles. The van der Waals surface area contributed by atoms with E-state index >= 15 is 0 Å². The standard InChI is InChI=1S/C15H9ClFN3O/c16-13-4-2-1-3-11(13)9-19-20-15(21)12-6-5-10(8-18)7-14(12)17/h1-7,9H,(H,20,21)/b19-9+.